The molecular weight excluding hydrogens is 292 g/mol. The second-order valence-electron chi connectivity index (χ2n) is 4.99. The fourth-order valence-electron chi connectivity index (χ4n) is 2.17. The molecule has 0 aliphatic carbocycles. The van der Waals surface area contributed by atoms with Crippen LogP contribution in [0.4, 0.5) is 0 Å². The van der Waals surface area contributed by atoms with Gasteiger partial charge in [0, 0.05) is 7.11 Å². The number of nitrogens with zero attached hydrogens (tertiary/aromatic N) is 1. The average molecular weight is 312 g/mol. The van der Waals surface area contributed by atoms with Gasteiger partial charge in [0.15, 0.2) is 6.10 Å². The number of hydrogen-bond acceptors (Lipinski definition) is 4. The van der Waals surface area contributed by atoms with E-state index in [0.717, 1.165) is 22.4 Å². The summed E-state index contributed by atoms with van der Waals surface area (Å²) in [5.74, 6) is 0.452. The van der Waals surface area contributed by atoms with Crippen molar-refractivity contribution >= 4 is 12.1 Å². The third-order valence-corrected chi connectivity index (χ3v) is 3.40. The van der Waals surface area contributed by atoms with Crippen molar-refractivity contribution in [2.45, 2.75) is 13.0 Å². The van der Waals surface area contributed by atoms with Gasteiger partial charge < -0.3 is 9.47 Å². The Kier molecular flexibility index (Phi) is 5.88. The smallest absolute Gasteiger partial charge is 0.273 e. The molecule has 0 saturated carbocycles. The molecule has 0 spiro atoms. The van der Waals surface area contributed by atoms with E-state index in [1.54, 1.807) is 13.3 Å². The summed E-state index contributed by atoms with van der Waals surface area (Å²) < 4.78 is 10.5. The minimum atomic E-state index is -0.694. The highest BCUT2D eigenvalue weighted by Gasteiger charge is 2.18. The van der Waals surface area contributed by atoms with Crippen molar-refractivity contribution in [1.82, 2.24) is 5.43 Å². The summed E-state index contributed by atoms with van der Waals surface area (Å²) in [5, 5.41) is 3.98. The SMILES string of the molecule is COc1cc(/C=N/NC(=O)C(OC)c2ccccc2)ccc1C. The Hall–Kier alpha value is -2.66. The quantitative estimate of drug-likeness (QED) is 0.659. The van der Waals surface area contributed by atoms with Gasteiger partial charge in [0.25, 0.3) is 5.91 Å². The largest absolute Gasteiger partial charge is 0.496 e. The van der Waals surface area contributed by atoms with Gasteiger partial charge in [0.1, 0.15) is 5.75 Å². The lowest BCUT2D eigenvalue weighted by Gasteiger charge is -2.13. The maximum atomic E-state index is 12.2. The molecule has 2 aromatic carbocycles. The van der Waals surface area contributed by atoms with E-state index in [4.69, 9.17) is 9.47 Å². The lowest BCUT2D eigenvalue weighted by molar-refractivity contribution is -0.131. The van der Waals surface area contributed by atoms with Crippen molar-refractivity contribution in [2.75, 3.05) is 14.2 Å². The summed E-state index contributed by atoms with van der Waals surface area (Å²) >= 11 is 0. The standard InChI is InChI=1S/C18H20N2O3/c1-13-9-10-14(11-16(13)22-2)12-19-20-18(21)17(23-3)15-7-5-4-6-8-15/h4-12,17H,1-3H3,(H,20,21)/b19-12+. The van der Waals surface area contributed by atoms with Crippen LogP contribution in [0, 0.1) is 6.92 Å². The minimum Gasteiger partial charge on any atom is -0.496 e. The molecule has 2 rings (SSSR count). The predicted molar refractivity (Wildman–Crippen MR) is 89.7 cm³/mol. The van der Waals surface area contributed by atoms with E-state index in [2.05, 4.69) is 10.5 Å². The highest BCUT2D eigenvalue weighted by Crippen LogP contribution is 2.18. The molecule has 1 amide bonds. The number of nitrogens with one attached hydrogen (secondary N) is 1. The predicted octanol–water partition coefficient (Wildman–Crippen LogP) is 2.84. The van der Waals surface area contributed by atoms with Gasteiger partial charge in [0.05, 0.1) is 13.3 Å². The summed E-state index contributed by atoms with van der Waals surface area (Å²) in [6.45, 7) is 1.96. The third-order valence-electron chi connectivity index (χ3n) is 3.40. The fraction of sp³-hybridized carbons (Fsp3) is 0.222. The number of hydrazone groups is 1. The molecule has 0 radical (unpaired) electrons. The molecule has 0 aliphatic rings. The highest BCUT2D eigenvalue weighted by atomic mass is 16.5. The van der Waals surface area contributed by atoms with E-state index in [1.807, 2.05) is 55.5 Å². The first-order valence-corrected chi connectivity index (χ1v) is 7.21. The summed E-state index contributed by atoms with van der Waals surface area (Å²) in [4.78, 5) is 12.2. The fourth-order valence-corrected chi connectivity index (χ4v) is 2.17. The van der Waals surface area contributed by atoms with Crippen LogP contribution in [-0.4, -0.2) is 26.3 Å². The van der Waals surface area contributed by atoms with Crippen LogP contribution in [0.25, 0.3) is 0 Å². The Morgan fingerprint density at radius 1 is 1.17 bits per heavy atom. The van der Waals surface area contributed by atoms with Crippen LogP contribution in [0.3, 0.4) is 0 Å². The molecule has 2 aromatic rings. The van der Waals surface area contributed by atoms with Gasteiger partial charge in [-0.15, -0.1) is 0 Å². The third kappa shape index (κ3) is 4.40. The van der Waals surface area contributed by atoms with Crippen molar-refractivity contribution < 1.29 is 14.3 Å². The van der Waals surface area contributed by atoms with E-state index in [1.165, 1.54) is 7.11 Å². The zero-order valence-electron chi connectivity index (χ0n) is 13.4. The number of aryl methyl sites for hydroxylation is 1. The van der Waals surface area contributed by atoms with Gasteiger partial charge in [-0.05, 0) is 29.7 Å². The number of methoxy groups -OCH3 is 2. The van der Waals surface area contributed by atoms with E-state index in [0.29, 0.717) is 0 Å². The minimum absolute atomic E-state index is 0.325. The number of amides is 1. The zero-order valence-corrected chi connectivity index (χ0v) is 13.4. The van der Waals surface area contributed by atoms with Crippen LogP contribution in [0.2, 0.25) is 0 Å². The van der Waals surface area contributed by atoms with Gasteiger partial charge in [-0.1, -0.05) is 42.5 Å². The Balaban J connectivity index is 2.03. The zero-order chi connectivity index (χ0) is 16.7. The normalized spacial score (nSPS) is 12.1. The molecule has 0 saturated heterocycles. The van der Waals surface area contributed by atoms with Gasteiger partial charge in [-0.2, -0.15) is 5.10 Å². The molecule has 5 nitrogen and oxygen atoms in total. The summed E-state index contributed by atoms with van der Waals surface area (Å²) in [6, 6.07) is 15.0. The topological polar surface area (TPSA) is 59.9 Å². The molecule has 0 heterocycles. The number of hydrogen-bond donors (Lipinski definition) is 1. The molecule has 1 atom stereocenters. The molecular formula is C18H20N2O3. The van der Waals surface area contributed by atoms with Crippen molar-refractivity contribution in [3.8, 4) is 5.75 Å². The summed E-state index contributed by atoms with van der Waals surface area (Å²) in [6.07, 6.45) is 0.873. The number of ether oxygens (including phenoxy) is 2. The van der Waals surface area contributed by atoms with E-state index >= 15 is 0 Å². The molecule has 0 bridgehead atoms. The molecule has 23 heavy (non-hydrogen) atoms. The van der Waals surface area contributed by atoms with Crippen molar-refractivity contribution in [1.29, 1.82) is 0 Å². The van der Waals surface area contributed by atoms with Gasteiger partial charge >= 0.3 is 0 Å². The Labute approximate surface area is 135 Å². The second-order valence-corrected chi connectivity index (χ2v) is 4.99. The molecule has 0 fully saturated rings. The lowest BCUT2D eigenvalue weighted by atomic mass is 10.1. The maximum absolute atomic E-state index is 12.2. The molecule has 120 valence electrons. The van der Waals surface area contributed by atoms with Crippen LogP contribution >= 0.6 is 0 Å². The highest BCUT2D eigenvalue weighted by molar-refractivity contribution is 5.85. The first kappa shape index (κ1) is 16.7. The van der Waals surface area contributed by atoms with Crippen LogP contribution in [0.1, 0.15) is 22.8 Å². The number of rotatable bonds is 6. The molecule has 1 unspecified atom stereocenters. The van der Waals surface area contributed by atoms with E-state index in [9.17, 15) is 4.79 Å². The van der Waals surface area contributed by atoms with Crippen molar-refractivity contribution in [2.24, 2.45) is 5.10 Å². The van der Waals surface area contributed by atoms with Gasteiger partial charge in [-0.3, -0.25) is 4.79 Å². The first-order valence-electron chi connectivity index (χ1n) is 7.21. The molecule has 0 aromatic heterocycles. The molecule has 1 N–H and O–H groups in total. The maximum Gasteiger partial charge on any atom is 0.273 e. The first-order chi connectivity index (χ1) is 11.2. The number of carbonyl (C=O) groups excluding carboxylic acids is 1. The van der Waals surface area contributed by atoms with Crippen molar-refractivity contribution in [3.63, 3.8) is 0 Å². The molecule has 0 aliphatic heterocycles. The van der Waals surface area contributed by atoms with E-state index in [-0.39, 0.29) is 5.91 Å². The number of benzene rings is 2. The average Bonchev–Trinajstić information content (AvgIpc) is 2.58. The summed E-state index contributed by atoms with van der Waals surface area (Å²) in [5.41, 5.74) is 5.15. The van der Waals surface area contributed by atoms with Gasteiger partial charge in [-0.25, -0.2) is 5.43 Å². The van der Waals surface area contributed by atoms with Crippen LogP contribution < -0.4 is 10.2 Å². The Morgan fingerprint density at radius 3 is 2.57 bits per heavy atom. The Morgan fingerprint density at radius 2 is 1.91 bits per heavy atom. The van der Waals surface area contributed by atoms with Crippen LogP contribution in [0.15, 0.2) is 53.6 Å². The van der Waals surface area contributed by atoms with Crippen LogP contribution in [0.5, 0.6) is 5.75 Å². The van der Waals surface area contributed by atoms with E-state index < -0.39 is 6.10 Å². The van der Waals surface area contributed by atoms with Crippen LogP contribution in [-0.2, 0) is 9.53 Å². The summed E-state index contributed by atoms with van der Waals surface area (Å²) in [7, 11) is 3.11. The lowest BCUT2D eigenvalue weighted by Crippen LogP contribution is -2.26. The Bertz CT molecular complexity index is 684. The second kappa shape index (κ2) is 8.10. The molecule has 5 heteroatoms. The monoisotopic (exact) mass is 312 g/mol. The van der Waals surface area contributed by atoms with Crippen molar-refractivity contribution in [3.05, 3.63) is 65.2 Å². The number of carbonyl (C=O) groups is 1. The van der Waals surface area contributed by atoms with Gasteiger partial charge in [0.2, 0.25) is 0 Å².